The molecular formula is C17H18N4O4. The summed E-state index contributed by atoms with van der Waals surface area (Å²) in [4.78, 5) is 38.9. The Balaban J connectivity index is 1.59. The number of imidazole rings is 1. The molecular weight excluding hydrogens is 324 g/mol. The number of benzene rings is 1. The van der Waals surface area contributed by atoms with Gasteiger partial charge in [0.05, 0.1) is 18.4 Å². The van der Waals surface area contributed by atoms with E-state index >= 15 is 0 Å². The molecule has 2 aromatic rings. The van der Waals surface area contributed by atoms with Gasteiger partial charge < -0.3 is 24.7 Å². The highest BCUT2D eigenvalue weighted by Gasteiger charge is 2.45. The fourth-order valence-corrected chi connectivity index (χ4v) is 2.78. The van der Waals surface area contributed by atoms with Crippen molar-refractivity contribution in [3.05, 3.63) is 49.1 Å². The molecule has 130 valence electrons. The first kappa shape index (κ1) is 16.7. The maximum absolute atomic E-state index is 12.1. The highest BCUT2D eigenvalue weighted by atomic mass is 16.5. The van der Waals surface area contributed by atoms with E-state index in [0.29, 0.717) is 5.75 Å². The number of aldehydes is 1. The average Bonchev–Trinajstić information content (AvgIpc) is 3.16. The summed E-state index contributed by atoms with van der Waals surface area (Å²) in [5, 5.41) is 5.40. The molecule has 0 saturated carbocycles. The van der Waals surface area contributed by atoms with E-state index in [9.17, 15) is 14.4 Å². The monoisotopic (exact) mass is 342 g/mol. The van der Waals surface area contributed by atoms with Gasteiger partial charge >= 0.3 is 0 Å². The summed E-state index contributed by atoms with van der Waals surface area (Å²) in [5.41, 5.74) is 0. The van der Waals surface area contributed by atoms with Crippen molar-refractivity contribution >= 4 is 18.1 Å². The van der Waals surface area contributed by atoms with Crippen LogP contribution in [0.3, 0.4) is 0 Å². The largest absolute Gasteiger partial charge is 0.484 e. The number of hydrogen-bond acceptors (Lipinski definition) is 5. The van der Waals surface area contributed by atoms with Gasteiger partial charge in [0.25, 0.3) is 5.91 Å². The highest BCUT2D eigenvalue weighted by molar-refractivity contribution is 5.94. The molecule has 0 aliphatic carbocycles. The number of ether oxygens (including phenoxy) is 1. The zero-order valence-corrected chi connectivity index (χ0v) is 13.4. The molecule has 3 unspecified atom stereocenters. The quantitative estimate of drug-likeness (QED) is 0.522. The molecule has 25 heavy (non-hydrogen) atoms. The fraction of sp³-hybridized carbons (Fsp3) is 0.294. The van der Waals surface area contributed by atoms with Crippen LogP contribution in [0.2, 0.25) is 0 Å². The lowest BCUT2D eigenvalue weighted by molar-refractivity contribution is -0.138. The number of rotatable bonds is 8. The molecule has 1 aromatic heterocycles. The lowest BCUT2D eigenvalue weighted by atomic mass is 9.89. The summed E-state index contributed by atoms with van der Waals surface area (Å²) in [6.07, 6.45) is 5.88. The van der Waals surface area contributed by atoms with Crippen molar-refractivity contribution in [1.29, 1.82) is 0 Å². The second-order valence-corrected chi connectivity index (χ2v) is 5.66. The molecule has 1 aliphatic heterocycles. The Hall–Kier alpha value is -3.16. The molecule has 3 rings (SSSR count). The Morgan fingerprint density at radius 1 is 1.40 bits per heavy atom. The van der Waals surface area contributed by atoms with Crippen LogP contribution in [-0.2, 0) is 14.4 Å². The minimum atomic E-state index is -0.709. The van der Waals surface area contributed by atoms with Crippen LogP contribution in [0.15, 0.2) is 49.1 Å². The van der Waals surface area contributed by atoms with Crippen LogP contribution in [0.25, 0.3) is 0 Å². The third kappa shape index (κ3) is 3.85. The van der Waals surface area contributed by atoms with Crippen molar-refractivity contribution in [2.45, 2.75) is 24.5 Å². The van der Waals surface area contributed by atoms with Gasteiger partial charge in [-0.2, -0.15) is 0 Å². The van der Waals surface area contributed by atoms with Gasteiger partial charge in [-0.15, -0.1) is 0 Å². The van der Waals surface area contributed by atoms with Crippen molar-refractivity contribution in [2.24, 2.45) is 0 Å². The first-order valence-electron chi connectivity index (χ1n) is 7.87. The number of para-hydroxylation sites is 1. The number of nitrogens with zero attached hydrogens (tertiary/aromatic N) is 2. The Morgan fingerprint density at radius 2 is 2.20 bits per heavy atom. The van der Waals surface area contributed by atoms with Crippen LogP contribution in [0.4, 0.5) is 0 Å². The van der Waals surface area contributed by atoms with Crippen molar-refractivity contribution in [3.63, 3.8) is 0 Å². The summed E-state index contributed by atoms with van der Waals surface area (Å²) in [7, 11) is 0. The number of nitrogens with one attached hydrogen (secondary N) is 2. The van der Waals surface area contributed by atoms with E-state index in [2.05, 4.69) is 15.6 Å². The number of β-lactam (4-membered cyclic amide) rings is 1. The maximum atomic E-state index is 12.1. The van der Waals surface area contributed by atoms with Gasteiger partial charge in [0.2, 0.25) is 5.91 Å². The van der Waals surface area contributed by atoms with E-state index in [-0.39, 0.29) is 31.0 Å². The number of carbonyl (C=O) groups is 3. The number of carbonyl (C=O) groups excluding carboxylic acids is 3. The molecule has 0 radical (unpaired) electrons. The van der Waals surface area contributed by atoms with Crippen LogP contribution in [0, 0.1) is 0 Å². The molecule has 3 atom stereocenters. The van der Waals surface area contributed by atoms with Gasteiger partial charge in [0, 0.05) is 18.8 Å². The predicted octanol–water partition coefficient (Wildman–Crippen LogP) is 0.0754. The molecule has 1 saturated heterocycles. The summed E-state index contributed by atoms with van der Waals surface area (Å²) >= 11 is 0. The van der Waals surface area contributed by atoms with Gasteiger partial charge in [-0.25, -0.2) is 4.98 Å². The minimum absolute atomic E-state index is 0.191. The summed E-state index contributed by atoms with van der Waals surface area (Å²) in [6, 6.07) is 7.54. The Labute approximate surface area is 144 Å². The third-order valence-electron chi connectivity index (χ3n) is 4.04. The Bertz CT molecular complexity index is 732. The number of aromatic nitrogens is 2. The van der Waals surface area contributed by atoms with Gasteiger partial charge in [0.15, 0.2) is 6.61 Å². The lowest BCUT2D eigenvalue weighted by Crippen LogP contribution is -2.71. The molecule has 1 aliphatic rings. The Kier molecular flexibility index (Phi) is 5.08. The van der Waals surface area contributed by atoms with Gasteiger partial charge in [0.1, 0.15) is 18.1 Å². The first-order valence-corrected chi connectivity index (χ1v) is 7.87. The molecule has 2 N–H and O–H groups in total. The Morgan fingerprint density at radius 3 is 2.84 bits per heavy atom. The highest BCUT2D eigenvalue weighted by Crippen LogP contribution is 2.23. The number of hydrogen-bond donors (Lipinski definition) is 2. The van der Waals surface area contributed by atoms with Crippen molar-refractivity contribution in [2.75, 3.05) is 6.61 Å². The molecule has 1 fully saturated rings. The molecule has 8 heteroatoms. The molecule has 0 bridgehead atoms. The molecule has 1 aromatic carbocycles. The third-order valence-corrected chi connectivity index (χ3v) is 4.04. The zero-order chi connectivity index (χ0) is 17.6. The summed E-state index contributed by atoms with van der Waals surface area (Å²) in [6.45, 7) is -0.191. The van der Waals surface area contributed by atoms with Crippen LogP contribution < -0.4 is 15.4 Å². The minimum Gasteiger partial charge on any atom is -0.484 e. The van der Waals surface area contributed by atoms with Crippen molar-refractivity contribution < 1.29 is 19.1 Å². The second-order valence-electron chi connectivity index (χ2n) is 5.66. The topological polar surface area (TPSA) is 102 Å². The standard InChI is InChI=1S/C17H18N4O4/c22-9-6-13(21-8-7-18-11-21)15-16(17(24)20-15)19-14(23)10-25-12-4-2-1-3-5-12/h1-5,7-9,11,13,15-16H,6,10H2,(H,19,23)(H,20,24). The fourth-order valence-electron chi connectivity index (χ4n) is 2.78. The zero-order valence-electron chi connectivity index (χ0n) is 13.4. The second kappa shape index (κ2) is 7.61. The normalized spacial score (nSPS) is 20.1. The molecule has 0 spiro atoms. The predicted molar refractivity (Wildman–Crippen MR) is 87.7 cm³/mol. The number of amides is 2. The van der Waals surface area contributed by atoms with Gasteiger partial charge in [-0.1, -0.05) is 18.2 Å². The first-order chi connectivity index (χ1) is 12.2. The van der Waals surface area contributed by atoms with E-state index in [1.165, 1.54) is 0 Å². The van der Waals surface area contributed by atoms with E-state index in [0.717, 1.165) is 6.29 Å². The van der Waals surface area contributed by atoms with E-state index in [4.69, 9.17) is 4.74 Å². The van der Waals surface area contributed by atoms with Crippen molar-refractivity contribution in [1.82, 2.24) is 20.2 Å². The van der Waals surface area contributed by atoms with Crippen LogP contribution >= 0.6 is 0 Å². The van der Waals surface area contributed by atoms with Gasteiger partial charge in [-0.3, -0.25) is 9.59 Å². The van der Waals surface area contributed by atoms with Crippen LogP contribution in [-0.4, -0.2) is 46.3 Å². The van der Waals surface area contributed by atoms with Gasteiger partial charge in [-0.05, 0) is 12.1 Å². The van der Waals surface area contributed by atoms with Crippen LogP contribution in [0.1, 0.15) is 12.5 Å². The summed E-state index contributed by atoms with van der Waals surface area (Å²) in [5.74, 6) is -0.109. The molecule has 8 nitrogen and oxygen atoms in total. The lowest BCUT2D eigenvalue weighted by Gasteiger charge is -2.41. The van der Waals surface area contributed by atoms with E-state index < -0.39 is 11.9 Å². The molecule has 2 amide bonds. The summed E-state index contributed by atoms with van der Waals surface area (Å²) < 4.78 is 7.12. The smallest absolute Gasteiger partial charge is 0.258 e. The average molecular weight is 342 g/mol. The SMILES string of the molecule is O=CCC(C1NC(=O)C1NC(=O)COc1ccccc1)n1ccnc1. The maximum Gasteiger partial charge on any atom is 0.258 e. The van der Waals surface area contributed by atoms with E-state index in [1.54, 1.807) is 47.6 Å². The van der Waals surface area contributed by atoms with Crippen molar-refractivity contribution in [3.8, 4) is 5.75 Å². The van der Waals surface area contributed by atoms with E-state index in [1.807, 2.05) is 6.07 Å². The molecule has 2 heterocycles. The van der Waals surface area contributed by atoms with Crippen LogP contribution in [0.5, 0.6) is 5.75 Å².